The summed E-state index contributed by atoms with van der Waals surface area (Å²) in [5.41, 5.74) is 0. The number of nitrogens with zero attached hydrogens (tertiary/aromatic N) is 1. The van der Waals surface area contributed by atoms with Gasteiger partial charge in [-0.3, -0.25) is 4.79 Å². The van der Waals surface area contributed by atoms with Crippen molar-refractivity contribution in [1.82, 2.24) is 4.90 Å². The Hall–Kier alpha value is -0.370. The average Bonchev–Trinajstić information content (AvgIpc) is 2.58. The smallest absolute Gasteiger partial charge is 0.133 e. The molecule has 2 nitrogen and oxygen atoms in total. The van der Waals surface area contributed by atoms with Crippen molar-refractivity contribution in [3.05, 3.63) is 0 Å². The number of rotatable bonds is 1. The number of carbonyl (C=O) groups excluding carboxylic acids is 1. The minimum Gasteiger partial charge on any atom is -0.300 e. The predicted molar refractivity (Wildman–Crippen MR) is 48.1 cm³/mol. The Balaban J connectivity index is 1.84. The van der Waals surface area contributed by atoms with Gasteiger partial charge in [0.1, 0.15) is 5.78 Å². The van der Waals surface area contributed by atoms with Crippen molar-refractivity contribution < 1.29 is 4.79 Å². The Kier molecular flexibility index (Phi) is 2.45. The first kappa shape index (κ1) is 8.24. The number of likely N-dealkylation sites (tertiary alicyclic amines) is 1. The van der Waals surface area contributed by atoms with Crippen LogP contribution in [0.3, 0.4) is 0 Å². The van der Waals surface area contributed by atoms with Crippen molar-refractivity contribution in [2.24, 2.45) is 0 Å². The Labute approximate surface area is 73.9 Å². The number of hydrogen-bond donors (Lipinski definition) is 0. The molecule has 1 saturated heterocycles. The molecule has 0 radical (unpaired) electrons. The zero-order valence-electron chi connectivity index (χ0n) is 7.59. The molecule has 0 amide bonds. The first-order chi connectivity index (χ1) is 5.86. The molecule has 0 atom stereocenters. The van der Waals surface area contributed by atoms with Crippen LogP contribution in [0.15, 0.2) is 0 Å². The van der Waals surface area contributed by atoms with Gasteiger partial charge < -0.3 is 4.90 Å². The third-order valence-corrected chi connectivity index (χ3v) is 3.17. The van der Waals surface area contributed by atoms with Crippen LogP contribution in [0.1, 0.15) is 38.5 Å². The highest BCUT2D eigenvalue weighted by molar-refractivity contribution is 5.79. The summed E-state index contributed by atoms with van der Waals surface area (Å²) in [5.74, 6) is 0.477. The lowest BCUT2D eigenvalue weighted by atomic mass is 9.93. The van der Waals surface area contributed by atoms with Gasteiger partial charge in [-0.05, 0) is 38.8 Å². The van der Waals surface area contributed by atoms with E-state index in [0.717, 1.165) is 31.7 Å². The summed E-state index contributed by atoms with van der Waals surface area (Å²) in [6, 6.07) is 0.741. The van der Waals surface area contributed by atoms with Crippen molar-refractivity contribution in [2.45, 2.75) is 44.6 Å². The zero-order valence-corrected chi connectivity index (χ0v) is 7.59. The molecule has 0 aromatic heterocycles. The molecule has 68 valence electrons. The lowest BCUT2D eigenvalue weighted by Crippen LogP contribution is -2.35. The fraction of sp³-hybridized carbons (Fsp3) is 0.900. The van der Waals surface area contributed by atoms with E-state index >= 15 is 0 Å². The van der Waals surface area contributed by atoms with E-state index < -0.39 is 0 Å². The molecule has 0 unspecified atom stereocenters. The molecule has 2 fully saturated rings. The van der Waals surface area contributed by atoms with Crippen molar-refractivity contribution in [3.8, 4) is 0 Å². The van der Waals surface area contributed by atoms with Gasteiger partial charge in [0.05, 0.1) is 0 Å². The molecule has 1 saturated carbocycles. The van der Waals surface area contributed by atoms with E-state index in [9.17, 15) is 4.79 Å². The van der Waals surface area contributed by atoms with Crippen molar-refractivity contribution in [3.63, 3.8) is 0 Å². The number of carbonyl (C=O) groups is 1. The molecule has 2 aliphatic rings. The molecule has 2 rings (SSSR count). The number of hydrogen-bond acceptors (Lipinski definition) is 2. The van der Waals surface area contributed by atoms with Gasteiger partial charge in [-0.2, -0.15) is 0 Å². The van der Waals surface area contributed by atoms with Gasteiger partial charge in [0.25, 0.3) is 0 Å². The van der Waals surface area contributed by atoms with Gasteiger partial charge in [0.15, 0.2) is 0 Å². The summed E-state index contributed by atoms with van der Waals surface area (Å²) in [4.78, 5) is 13.6. The SMILES string of the molecule is O=C1CCC(N2CCCC2)CC1. The highest BCUT2D eigenvalue weighted by Crippen LogP contribution is 2.23. The third kappa shape index (κ3) is 1.69. The molecule has 1 aliphatic carbocycles. The van der Waals surface area contributed by atoms with Crippen LogP contribution in [0.2, 0.25) is 0 Å². The number of ketones is 1. The molecule has 0 bridgehead atoms. The quantitative estimate of drug-likeness (QED) is 0.591. The molecule has 12 heavy (non-hydrogen) atoms. The van der Waals surface area contributed by atoms with E-state index in [0.29, 0.717) is 5.78 Å². The van der Waals surface area contributed by atoms with Gasteiger partial charge in [-0.1, -0.05) is 0 Å². The minimum atomic E-state index is 0.477. The van der Waals surface area contributed by atoms with Crippen LogP contribution in [-0.4, -0.2) is 29.8 Å². The standard InChI is InChI=1S/C10H17NO/c12-10-5-3-9(4-6-10)11-7-1-2-8-11/h9H,1-8H2. The maximum Gasteiger partial charge on any atom is 0.133 e. The second kappa shape index (κ2) is 3.56. The molecular formula is C10H17NO. The van der Waals surface area contributed by atoms with Gasteiger partial charge in [0.2, 0.25) is 0 Å². The molecule has 1 heterocycles. The summed E-state index contributed by atoms with van der Waals surface area (Å²) in [6.45, 7) is 2.55. The largest absolute Gasteiger partial charge is 0.300 e. The Morgan fingerprint density at radius 1 is 1.08 bits per heavy atom. The fourth-order valence-corrected chi connectivity index (χ4v) is 2.40. The summed E-state index contributed by atoms with van der Waals surface area (Å²) >= 11 is 0. The first-order valence-corrected chi connectivity index (χ1v) is 5.12. The lowest BCUT2D eigenvalue weighted by Gasteiger charge is -2.29. The topological polar surface area (TPSA) is 20.3 Å². The van der Waals surface area contributed by atoms with Crippen LogP contribution >= 0.6 is 0 Å². The van der Waals surface area contributed by atoms with E-state index in [1.807, 2.05) is 0 Å². The molecular weight excluding hydrogens is 150 g/mol. The zero-order chi connectivity index (χ0) is 8.39. The lowest BCUT2D eigenvalue weighted by molar-refractivity contribution is -0.121. The van der Waals surface area contributed by atoms with Crippen LogP contribution in [-0.2, 0) is 4.79 Å². The van der Waals surface area contributed by atoms with E-state index in [1.165, 1.54) is 25.9 Å². The predicted octanol–water partition coefficient (Wildman–Crippen LogP) is 1.59. The first-order valence-electron chi connectivity index (χ1n) is 5.12. The van der Waals surface area contributed by atoms with E-state index in [4.69, 9.17) is 0 Å². The Bertz CT molecular complexity index is 163. The Morgan fingerprint density at radius 3 is 2.25 bits per heavy atom. The van der Waals surface area contributed by atoms with E-state index in [-0.39, 0.29) is 0 Å². The van der Waals surface area contributed by atoms with Crippen LogP contribution in [0.4, 0.5) is 0 Å². The molecule has 1 aliphatic heterocycles. The number of Topliss-reactive ketones (excluding diaryl/α,β-unsaturated/α-hetero) is 1. The van der Waals surface area contributed by atoms with Crippen LogP contribution in [0.25, 0.3) is 0 Å². The summed E-state index contributed by atoms with van der Waals surface area (Å²) < 4.78 is 0. The molecule has 0 aromatic carbocycles. The second-order valence-electron chi connectivity index (χ2n) is 4.01. The van der Waals surface area contributed by atoms with Crippen LogP contribution < -0.4 is 0 Å². The van der Waals surface area contributed by atoms with Crippen molar-refractivity contribution in [2.75, 3.05) is 13.1 Å². The maximum absolute atomic E-state index is 11.0. The van der Waals surface area contributed by atoms with E-state index in [2.05, 4.69) is 4.90 Å². The van der Waals surface area contributed by atoms with Gasteiger partial charge in [-0.15, -0.1) is 0 Å². The monoisotopic (exact) mass is 167 g/mol. The Morgan fingerprint density at radius 2 is 1.67 bits per heavy atom. The molecule has 2 heteroatoms. The highest BCUT2D eigenvalue weighted by Gasteiger charge is 2.25. The van der Waals surface area contributed by atoms with Crippen LogP contribution in [0, 0.1) is 0 Å². The van der Waals surface area contributed by atoms with Gasteiger partial charge in [0, 0.05) is 18.9 Å². The molecule has 0 spiro atoms. The summed E-state index contributed by atoms with van der Waals surface area (Å²) in [6.07, 6.45) is 6.65. The summed E-state index contributed by atoms with van der Waals surface area (Å²) in [7, 11) is 0. The van der Waals surface area contributed by atoms with Gasteiger partial charge in [-0.25, -0.2) is 0 Å². The molecule has 0 N–H and O–H groups in total. The van der Waals surface area contributed by atoms with Crippen molar-refractivity contribution in [1.29, 1.82) is 0 Å². The normalized spacial score (nSPS) is 28.2. The average molecular weight is 167 g/mol. The minimum absolute atomic E-state index is 0.477. The van der Waals surface area contributed by atoms with Crippen molar-refractivity contribution >= 4 is 5.78 Å². The molecule has 0 aromatic rings. The second-order valence-corrected chi connectivity index (χ2v) is 4.01. The third-order valence-electron chi connectivity index (χ3n) is 3.17. The van der Waals surface area contributed by atoms with E-state index in [1.54, 1.807) is 0 Å². The summed E-state index contributed by atoms with van der Waals surface area (Å²) in [5, 5.41) is 0. The highest BCUT2D eigenvalue weighted by atomic mass is 16.1. The fourth-order valence-electron chi connectivity index (χ4n) is 2.40. The van der Waals surface area contributed by atoms with Crippen LogP contribution in [0.5, 0.6) is 0 Å². The van der Waals surface area contributed by atoms with Gasteiger partial charge >= 0.3 is 0 Å². The maximum atomic E-state index is 11.0.